The van der Waals surface area contributed by atoms with Gasteiger partial charge in [-0.2, -0.15) is 0 Å². The SMILES string of the molecule is C=C(C=CC=CC)COc1ccc(CNC23CC4CC(CC(C4)C2)C3)cc1. The van der Waals surface area contributed by atoms with E-state index in [2.05, 4.69) is 36.2 Å². The summed E-state index contributed by atoms with van der Waals surface area (Å²) in [6.07, 6.45) is 16.7. The third-order valence-corrected chi connectivity index (χ3v) is 6.69. The molecule has 0 heterocycles. The molecule has 0 amide bonds. The molecule has 2 heteroatoms. The van der Waals surface area contributed by atoms with Crippen LogP contribution >= 0.6 is 0 Å². The highest BCUT2D eigenvalue weighted by Gasteiger charge is 2.50. The Morgan fingerprint density at radius 2 is 1.70 bits per heavy atom. The van der Waals surface area contributed by atoms with Crippen LogP contribution in [0.3, 0.4) is 0 Å². The van der Waals surface area contributed by atoms with Crippen molar-refractivity contribution in [3.8, 4) is 5.75 Å². The van der Waals surface area contributed by atoms with Gasteiger partial charge < -0.3 is 10.1 Å². The lowest BCUT2D eigenvalue weighted by Gasteiger charge is -2.57. The van der Waals surface area contributed by atoms with Crippen molar-refractivity contribution in [2.75, 3.05) is 6.61 Å². The predicted molar refractivity (Wildman–Crippen MR) is 113 cm³/mol. The fourth-order valence-electron chi connectivity index (χ4n) is 5.85. The molecule has 0 unspecified atom stereocenters. The summed E-state index contributed by atoms with van der Waals surface area (Å²) >= 11 is 0. The number of benzene rings is 1. The van der Waals surface area contributed by atoms with E-state index in [4.69, 9.17) is 4.74 Å². The average molecular weight is 364 g/mol. The van der Waals surface area contributed by atoms with Crippen molar-refractivity contribution >= 4 is 0 Å². The van der Waals surface area contributed by atoms with Gasteiger partial charge in [0.1, 0.15) is 12.4 Å². The maximum atomic E-state index is 5.84. The van der Waals surface area contributed by atoms with Crippen molar-refractivity contribution in [1.82, 2.24) is 5.32 Å². The molecule has 4 aliphatic carbocycles. The molecule has 27 heavy (non-hydrogen) atoms. The number of hydrogen-bond acceptors (Lipinski definition) is 2. The summed E-state index contributed by atoms with van der Waals surface area (Å²) in [5, 5.41) is 3.97. The summed E-state index contributed by atoms with van der Waals surface area (Å²) in [4.78, 5) is 0. The van der Waals surface area contributed by atoms with Gasteiger partial charge in [0.05, 0.1) is 0 Å². The van der Waals surface area contributed by atoms with E-state index in [1.54, 1.807) is 0 Å². The summed E-state index contributed by atoms with van der Waals surface area (Å²) in [7, 11) is 0. The van der Waals surface area contributed by atoms with E-state index in [1.165, 1.54) is 44.1 Å². The van der Waals surface area contributed by atoms with Crippen LogP contribution in [0, 0.1) is 17.8 Å². The Hall–Kier alpha value is -1.80. The molecule has 1 aromatic rings. The van der Waals surface area contributed by atoms with Crippen LogP contribution in [0.1, 0.15) is 51.0 Å². The Morgan fingerprint density at radius 1 is 1.07 bits per heavy atom. The van der Waals surface area contributed by atoms with Gasteiger partial charge in [-0.3, -0.25) is 0 Å². The molecular formula is C25H33NO. The minimum absolute atomic E-state index is 0.431. The number of hydrogen-bond donors (Lipinski definition) is 1. The summed E-state index contributed by atoms with van der Waals surface area (Å²) in [6, 6.07) is 8.56. The van der Waals surface area contributed by atoms with Gasteiger partial charge in [0.25, 0.3) is 0 Å². The lowest BCUT2D eigenvalue weighted by atomic mass is 9.53. The van der Waals surface area contributed by atoms with Gasteiger partial charge in [-0.1, -0.05) is 43.0 Å². The molecule has 1 aromatic carbocycles. The van der Waals surface area contributed by atoms with Gasteiger partial charge in [-0.15, -0.1) is 0 Å². The van der Waals surface area contributed by atoms with E-state index in [0.29, 0.717) is 12.1 Å². The molecular weight excluding hydrogens is 330 g/mol. The Balaban J connectivity index is 1.27. The topological polar surface area (TPSA) is 21.3 Å². The number of allylic oxidation sites excluding steroid dienone is 3. The first-order valence-electron chi connectivity index (χ1n) is 10.6. The zero-order valence-corrected chi connectivity index (χ0v) is 16.6. The number of rotatable bonds is 8. The molecule has 2 nitrogen and oxygen atoms in total. The van der Waals surface area contributed by atoms with Gasteiger partial charge in [-0.05, 0) is 86.5 Å². The first-order valence-corrected chi connectivity index (χ1v) is 10.6. The third kappa shape index (κ3) is 4.55. The number of nitrogens with one attached hydrogen (secondary N) is 1. The molecule has 0 radical (unpaired) electrons. The van der Waals surface area contributed by atoms with Gasteiger partial charge in [0.15, 0.2) is 0 Å². The van der Waals surface area contributed by atoms with E-state index < -0.39 is 0 Å². The Bertz CT molecular complexity index is 677. The second-order valence-electron chi connectivity index (χ2n) is 9.03. The summed E-state index contributed by atoms with van der Waals surface area (Å²) in [5.41, 5.74) is 2.76. The second kappa shape index (κ2) is 8.06. The zero-order chi connectivity index (χ0) is 18.7. The van der Waals surface area contributed by atoms with Crippen LogP contribution in [-0.2, 0) is 6.54 Å². The molecule has 4 aliphatic rings. The Labute approximate surface area is 164 Å². The van der Waals surface area contributed by atoms with Crippen molar-refractivity contribution in [3.63, 3.8) is 0 Å². The van der Waals surface area contributed by atoms with Crippen molar-refractivity contribution in [3.05, 3.63) is 66.3 Å². The summed E-state index contributed by atoms with van der Waals surface area (Å²) in [6.45, 7) is 7.53. The van der Waals surface area contributed by atoms with Gasteiger partial charge in [-0.25, -0.2) is 0 Å². The van der Waals surface area contributed by atoms with E-state index in [1.807, 2.05) is 31.2 Å². The maximum Gasteiger partial charge on any atom is 0.119 e. The Morgan fingerprint density at radius 3 is 2.30 bits per heavy atom. The van der Waals surface area contributed by atoms with Crippen molar-refractivity contribution in [1.29, 1.82) is 0 Å². The van der Waals surface area contributed by atoms with Crippen LogP contribution in [0.15, 0.2) is 60.7 Å². The summed E-state index contributed by atoms with van der Waals surface area (Å²) in [5.74, 6) is 3.90. The van der Waals surface area contributed by atoms with Crippen molar-refractivity contribution in [2.24, 2.45) is 17.8 Å². The normalized spacial score (nSPS) is 31.8. The first-order chi connectivity index (χ1) is 13.1. The molecule has 0 saturated heterocycles. The molecule has 1 N–H and O–H groups in total. The molecule has 4 saturated carbocycles. The monoisotopic (exact) mass is 363 g/mol. The molecule has 0 spiro atoms. The van der Waals surface area contributed by atoms with Crippen LogP contribution in [0.25, 0.3) is 0 Å². The molecule has 144 valence electrons. The minimum atomic E-state index is 0.431. The van der Waals surface area contributed by atoms with Crippen LogP contribution < -0.4 is 10.1 Å². The minimum Gasteiger partial charge on any atom is -0.489 e. The maximum absolute atomic E-state index is 5.84. The smallest absolute Gasteiger partial charge is 0.119 e. The zero-order valence-electron chi connectivity index (χ0n) is 16.6. The van der Waals surface area contributed by atoms with E-state index in [9.17, 15) is 0 Å². The molecule has 0 aromatic heterocycles. The fraction of sp³-hybridized carbons (Fsp3) is 0.520. The average Bonchev–Trinajstić information content (AvgIpc) is 2.65. The number of ether oxygens (including phenoxy) is 1. The molecule has 0 aliphatic heterocycles. The molecule has 0 atom stereocenters. The van der Waals surface area contributed by atoms with Gasteiger partial charge in [0.2, 0.25) is 0 Å². The standard InChI is InChI=1S/C25H33NO/c1-3-4-5-6-19(2)18-27-24-9-7-20(8-10-24)17-26-25-14-21-11-22(15-25)13-23(12-21)16-25/h3-10,21-23,26H,2,11-18H2,1H3. The lowest BCUT2D eigenvalue weighted by molar-refractivity contribution is -0.0206. The fourth-order valence-corrected chi connectivity index (χ4v) is 5.85. The third-order valence-electron chi connectivity index (χ3n) is 6.69. The second-order valence-corrected chi connectivity index (χ2v) is 9.03. The van der Waals surface area contributed by atoms with E-state index in [0.717, 1.165) is 35.6 Å². The van der Waals surface area contributed by atoms with Crippen molar-refractivity contribution < 1.29 is 4.74 Å². The molecule has 4 fully saturated rings. The van der Waals surface area contributed by atoms with Crippen LogP contribution in [-0.4, -0.2) is 12.1 Å². The molecule has 5 rings (SSSR count). The van der Waals surface area contributed by atoms with Gasteiger partial charge in [0, 0.05) is 12.1 Å². The van der Waals surface area contributed by atoms with E-state index >= 15 is 0 Å². The van der Waals surface area contributed by atoms with Crippen LogP contribution in [0.4, 0.5) is 0 Å². The Kier molecular flexibility index (Phi) is 5.54. The van der Waals surface area contributed by atoms with E-state index in [-0.39, 0.29) is 0 Å². The highest BCUT2D eigenvalue weighted by atomic mass is 16.5. The largest absolute Gasteiger partial charge is 0.489 e. The molecule has 4 bridgehead atoms. The predicted octanol–water partition coefficient (Wildman–Crippen LogP) is 5.81. The van der Waals surface area contributed by atoms with Crippen LogP contribution in [0.5, 0.6) is 5.75 Å². The van der Waals surface area contributed by atoms with Crippen LogP contribution in [0.2, 0.25) is 0 Å². The lowest BCUT2D eigenvalue weighted by Crippen LogP contribution is -2.58. The van der Waals surface area contributed by atoms with Crippen molar-refractivity contribution in [2.45, 2.75) is 57.5 Å². The summed E-state index contributed by atoms with van der Waals surface area (Å²) < 4.78 is 5.84. The quantitative estimate of drug-likeness (QED) is 0.588. The highest BCUT2D eigenvalue weighted by Crippen LogP contribution is 2.55. The van der Waals surface area contributed by atoms with Gasteiger partial charge >= 0.3 is 0 Å². The highest BCUT2D eigenvalue weighted by molar-refractivity contribution is 5.29. The first kappa shape index (κ1) is 18.6.